The van der Waals surface area contributed by atoms with Gasteiger partial charge in [-0.15, -0.1) is 0 Å². The van der Waals surface area contributed by atoms with Crippen molar-refractivity contribution in [3.05, 3.63) is 0 Å². The first-order chi connectivity index (χ1) is 8.43. The predicted molar refractivity (Wildman–Crippen MR) is 66.5 cm³/mol. The minimum Gasteiger partial charge on any atom is -0.481 e. The molecule has 0 aliphatic carbocycles. The second-order valence-electron chi connectivity index (χ2n) is 3.47. The number of hydrogen-bond acceptors (Lipinski definition) is 4. The summed E-state index contributed by atoms with van der Waals surface area (Å²) < 4.78 is 10.1. The minimum atomic E-state index is -0.870. The largest absolute Gasteiger partial charge is 0.481 e. The summed E-state index contributed by atoms with van der Waals surface area (Å²) in [6, 6.07) is 0. The maximum Gasteiger partial charge on any atom is 0.303 e. The summed E-state index contributed by atoms with van der Waals surface area (Å²) >= 11 is 0. The Morgan fingerprint density at radius 3 is 1.50 bits per heavy atom. The highest BCUT2D eigenvalue weighted by Crippen LogP contribution is 1.98. The Kier molecular flexibility index (Phi) is 14.9. The van der Waals surface area contributed by atoms with Gasteiger partial charge in [-0.05, 0) is 33.6 Å². The average Bonchev–Trinajstić information content (AvgIpc) is 2.25. The molecule has 0 amide bonds. The van der Waals surface area contributed by atoms with E-state index in [9.17, 15) is 9.59 Å². The number of aliphatic carboxylic acids is 2. The van der Waals surface area contributed by atoms with Crippen molar-refractivity contribution in [2.24, 2.45) is 0 Å². The smallest absolute Gasteiger partial charge is 0.303 e. The van der Waals surface area contributed by atoms with Crippen molar-refractivity contribution in [3.8, 4) is 0 Å². The van der Waals surface area contributed by atoms with Crippen LogP contribution in [0.1, 0.15) is 46.5 Å². The molecule has 0 spiro atoms. The Hall–Kier alpha value is -1.14. The number of ether oxygens (including phenoxy) is 2. The van der Waals surface area contributed by atoms with Crippen molar-refractivity contribution in [2.75, 3.05) is 13.2 Å². The second kappa shape index (κ2) is 13.9. The molecule has 0 heterocycles. The molecule has 0 aromatic rings. The molecule has 0 bridgehead atoms. The number of hydrogen-bond donors (Lipinski definition) is 2. The Bertz CT molecular complexity index is 195. The van der Waals surface area contributed by atoms with Crippen molar-refractivity contribution in [2.45, 2.75) is 52.7 Å². The van der Waals surface area contributed by atoms with E-state index in [0.717, 1.165) is 13.2 Å². The Morgan fingerprint density at radius 2 is 1.28 bits per heavy atom. The van der Waals surface area contributed by atoms with Crippen LogP contribution in [0.25, 0.3) is 0 Å². The number of rotatable bonds is 9. The summed E-state index contributed by atoms with van der Waals surface area (Å²) in [6.45, 7) is 7.25. The van der Waals surface area contributed by atoms with Crippen LogP contribution in [-0.4, -0.2) is 41.7 Å². The fourth-order valence-electron chi connectivity index (χ4n) is 1.07. The number of carbonyl (C=O) groups is 2. The van der Waals surface area contributed by atoms with Gasteiger partial charge < -0.3 is 19.7 Å². The van der Waals surface area contributed by atoms with Gasteiger partial charge in [0.2, 0.25) is 0 Å². The van der Waals surface area contributed by atoms with Crippen LogP contribution in [0.3, 0.4) is 0 Å². The van der Waals surface area contributed by atoms with Gasteiger partial charge in [-0.3, -0.25) is 9.59 Å². The number of carboxylic acid groups (broad SMARTS) is 2. The van der Waals surface area contributed by atoms with Gasteiger partial charge in [0, 0.05) is 26.1 Å². The molecule has 0 fully saturated rings. The van der Waals surface area contributed by atoms with E-state index in [4.69, 9.17) is 19.7 Å². The van der Waals surface area contributed by atoms with Crippen molar-refractivity contribution in [3.63, 3.8) is 0 Å². The zero-order chi connectivity index (χ0) is 14.4. The molecule has 0 saturated carbocycles. The van der Waals surface area contributed by atoms with E-state index in [2.05, 4.69) is 0 Å². The van der Waals surface area contributed by atoms with Gasteiger partial charge in [0.05, 0.1) is 0 Å². The molecule has 2 N–H and O–H groups in total. The lowest BCUT2D eigenvalue weighted by molar-refractivity contribution is -0.139. The quantitative estimate of drug-likeness (QED) is 0.489. The number of unbranched alkanes of at least 4 members (excludes halogenated alkanes) is 1. The van der Waals surface area contributed by atoms with E-state index in [-0.39, 0.29) is 19.1 Å². The summed E-state index contributed by atoms with van der Waals surface area (Å²) in [7, 11) is 0. The first-order valence-electron chi connectivity index (χ1n) is 6.10. The third-order valence-electron chi connectivity index (χ3n) is 1.83. The minimum absolute atomic E-state index is 0.0370. The third kappa shape index (κ3) is 20.3. The highest BCUT2D eigenvalue weighted by molar-refractivity contribution is 5.67. The van der Waals surface area contributed by atoms with Crippen LogP contribution in [0.4, 0.5) is 0 Å². The summed E-state index contributed by atoms with van der Waals surface area (Å²) in [5, 5.41) is 16.3. The number of carboxylic acids is 2. The molecule has 0 atom stereocenters. The first kappa shape index (κ1) is 19.2. The van der Waals surface area contributed by atoms with Crippen LogP contribution in [0, 0.1) is 0 Å². The highest BCUT2D eigenvalue weighted by atomic mass is 16.7. The van der Waals surface area contributed by atoms with E-state index in [1.807, 2.05) is 20.8 Å². The summed E-state index contributed by atoms with van der Waals surface area (Å²) in [5.41, 5.74) is 0. The monoisotopic (exact) mass is 264 g/mol. The van der Waals surface area contributed by atoms with Crippen LogP contribution in [0.2, 0.25) is 0 Å². The fourth-order valence-corrected chi connectivity index (χ4v) is 1.07. The molecule has 0 unspecified atom stereocenters. The highest BCUT2D eigenvalue weighted by Gasteiger charge is 1.99. The molecule has 0 aliphatic heterocycles. The summed E-state index contributed by atoms with van der Waals surface area (Å²) in [5.74, 6) is -1.74. The fraction of sp³-hybridized carbons (Fsp3) is 0.833. The standard InChI is InChI=1S/C6H10O4.C6H14O2/c7-5(8)3-1-2-4-6(9)10;1-4-7-6(3)8-5-2/h1-4H2,(H,7,8)(H,9,10);6H,4-5H2,1-3H3. The molecule has 108 valence electrons. The van der Waals surface area contributed by atoms with Crippen LogP contribution in [-0.2, 0) is 19.1 Å². The van der Waals surface area contributed by atoms with Crippen molar-refractivity contribution in [1.82, 2.24) is 0 Å². The topological polar surface area (TPSA) is 93.1 Å². The van der Waals surface area contributed by atoms with Crippen LogP contribution in [0.5, 0.6) is 0 Å². The van der Waals surface area contributed by atoms with Crippen LogP contribution in [0.15, 0.2) is 0 Å². The SMILES string of the molecule is CCOC(C)OCC.O=C(O)CCCCC(=O)O. The maximum absolute atomic E-state index is 9.90. The van der Waals surface area contributed by atoms with E-state index in [1.54, 1.807) is 0 Å². The van der Waals surface area contributed by atoms with Crippen LogP contribution >= 0.6 is 0 Å². The van der Waals surface area contributed by atoms with Gasteiger partial charge in [-0.1, -0.05) is 0 Å². The van der Waals surface area contributed by atoms with Gasteiger partial charge >= 0.3 is 11.9 Å². The maximum atomic E-state index is 9.90. The van der Waals surface area contributed by atoms with Gasteiger partial charge in [-0.2, -0.15) is 0 Å². The molecule has 0 aromatic carbocycles. The molecule has 0 saturated heterocycles. The molecule has 0 rings (SSSR count). The molecule has 0 aliphatic rings. The zero-order valence-electron chi connectivity index (χ0n) is 11.3. The molecular weight excluding hydrogens is 240 g/mol. The lowest BCUT2D eigenvalue weighted by atomic mass is 10.2. The second-order valence-corrected chi connectivity index (χ2v) is 3.47. The van der Waals surface area contributed by atoms with E-state index in [0.29, 0.717) is 12.8 Å². The summed E-state index contributed by atoms with van der Waals surface area (Å²) in [4.78, 5) is 19.8. The van der Waals surface area contributed by atoms with Crippen LogP contribution < -0.4 is 0 Å². The Balaban J connectivity index is 0. The van der Waals surface area contributed by atoms with E-state index in [1.165, 1.54) is 0 Å². The molecule has 6 nitrogen and oxygen atoms in total. The summed E-state index contributed by atoms with van der Waals surface area (Å²) in [6.07, 6.45) is 0.981. The Morgan fingerprint density at radius 1 is 0.944 bits per heavy atom. The lowest BCUT2D eigenvalue weighted by Gasteiger charge is -2.09. The normalized spacial score (nSPS) is 9.78. The first-order valence-corrected chi connectivity index (χ1v) is 6.10. The lowest BCUT2D eigenvalue weighted by Crippen LogP contribution is -2.11. The predicted octanol–water partition coefficient (Wildman–Crippen LogP) is 2.12. The van der Waals surface area contributed by atoms with Gasteiger partial charge in [0.25, 0.3) is 0 Å². The molecule has 6 heteroatoms. The van der Waals surface area contributed by atoms with Gasteiger partial charge in [0.15, 0.2) is 6.29 Å². The average molecular weight is 264 g/mol. The third-order valence-corrected chi connectivity index (χ3v) is 1.83. The molecule has 0 radical (unpaired) electrons. The molecular formula is C12H24O6. The molecule has 18 heavy (non-hydrogen) atoms. The van der Waals surface area contributed by atoms with E-state index >= 15 is 0 Å². The van der Waals surface area contributed by atoms with Gasteiger partial charge in [-0.25, -0.2) is 0 Å². The van der Waals surface area contributed by atoms with Gasteiger partial charge in [0.1, 0.15) is 0 Å². The zero-order valence-corrected chi connectivity index (χ0v) is 11.3. The van der Waals surface area contributed by atoms with E-state index < -0.39 is 11.9 Å². The molecule has 0 aromatic heterocycles. The van der Waals surface area contributed by atoms with Crippen molar-refractivity contribution >= 4 is 11.9 Å². The Labute approximate surface area is 108 Å². The van der Waals surface area contributed by atoms with Crippen molar-refractivity contribution in [1.29, 1.82) is 0 Å². The van der Waals surface area contributed by atoms with Crippen molar-refractivity contribution < 1.29 is 29.3 Å².